The first kappa shape index (κ1) is 17.8. The fourth-order valence-electron chi connectivity index (χ4n) is 3.31. The lowest BCUT2D eigenvalue weighted by molar-refractivity contribution is -0.132. The van der Waals surface area contributed by atoms with E-state index in [1.54, 1.807) is 6.07 Å². The van der Waals surface area contributed by atoms with Gasteiger partial charge in [-0.25, -0.2) is 9.37 Å². The van der Waals surface area contributed by atoms with Crippen LogP contribution in [0.25, 0.3) is 11.0 Å². The highest BCUT2D eigenvalue weighted by Gasteiger charge is 2.21. The van der Waals surface area contributed by atoms with Gasteiger partial charge in [-0.2, -0.15) is 0 Å². The monoisotopic (exact) mass is 347 g/mol. The SMILES string of the molecule is CCN(CC)C(=O)CN1CCN(Cc2nc3c(F)cccc3[nH]2)CC1. The van der Waals surface area contributed by atoms with Crippen molar-refractivity contribution in [2.75, 3.05) is 45.8 Å². The first-order valence-electron chi connectivity index (χ1n) is 8.96. The van der Waals surface area contributed by atoms with E-state index in [-0.39, 0.29) is 11.7 Å². The molecule has 3 rings (SSSR count). The van der Waals surface area contributed by atoms with Crippen LogP contribution in [-0.4, -0.2) is 76.4 Å². The van der Waals surface area contributed by atoms with Gasteiger partial charge in [0.05, 0.1) is 18.6 Å². The van der Waals surface area contributed by atoms with Crippen molar-refractivity contribution in [2.45, 2.75) is 20.4 Å². The van der Waals surface area contributed by atoms with Crippen LogP contribution in [0.3, 0.4) is 0 Å². The number of hydrogen-bond donors (Lipinski definition) is 1. The van der Waals surface area contributed by atoms with Crippen molar-refractivity contribution in [1.29, 1.82) is 0 Å². The molecular weight excluding hydrogens is 321 g/mol. The third-order valence-electron chi connectivity index (χ3n) is 4.83. The van der Waals surface area contributed by atoms with E-state index in [1.807, 2.05) is 24.8 Å². The molecule has 1 saturated heterocycles. The molecule has 136 valence electrons. The number of H-pyrrole nitrogens is 1. The van der Waals surface area contributed by atoms with Gasteiger partial charge in [0.15, 0.2) is 5.82 Å². The highest BCUT2D eigenvalue weighted by Crippen LogP contribution is 2.16. The average molecular weight is 347 g/mol. The van der Waals surface area contributed by atoms with Crippen molar-refractivity contribution in [2.24, 2.45) is 0 Å². The minimum Gasteiger partial charge on any atom is -0.342 e. The molecule has 0 atom stereocenters. The molecule has 2 heterocycles. The summed E-state index contributed by atoms with van der Waals surface area (Å²) in [6.07, 6.45) is 0. The number of nitrogens with zero attached hydrogens (tertiary/aromatic N) is 4. The molecule has 6 nitrogen and oxygen atoms in total. The summed E-state index contributed by atoms with van der Waals surface area (Å²) in [4.78, 5) is 26.1. The van der Waals surface area contributed by atoms with Crippen molar-refractivity contribution < 1.29 is 9.18 Å². The van der Waals surface area contributed by atoms with Gasteiger partial charge in [0.2, 0.25) is 5.91 Å². The van der Waals surface area contributed by atoms with Crippen molar-refractivity contribution in [3.63, 3.8) is 0 Å². The largest absolute Gasteiger partial charge is 0.342 e. The number of amides is 1. The van der Waals surface area contributed by atoms with Gasteiger partial charge >= 0.3 is 0 Å². The summed E-state index contributed by atoms with van der Waals surface area (Å²) in [6.45, 7) is 10.2. The van der Waals surface area contributed by atoms with Crippen LogP contribution in [0, 0.1) is 5.82 Å². The number of piperazine rings is 1. The van der Waals surface area contributed by atoms with E-state index in [9.17, 15) is 9.18 Å². The maximum Gasteiger partial charge on any atom is 0.236 e. The number of imidazole rings is 1. The lowest BCUT2D eigenvalue weighted by Gasteiger charge is -2.34. The van der Waals surface area contributed by atoms with E-state index in [2.05, 4.69) is 19.8 Å². The third-order valence-corrected chi connectivity index (χ3v) is 4.83. The molecule has 0 radical (unpaired) electrons. The Bertz CT molecular complexity index is 719. The summed E-state index contributed by atoms with van der Waals surface area (Å²) >= 11 is 0. The summed E-state index contributed by atoms with van der Waals surface area (Å²) in [5.41, 5.74) is 1.14. The quantitative estimate of drug-likeness (QED) is 0.864. The molecular formula is C18H26FN5O. The Morgan fingerprint density at radius 1 is 1.20 bits per heavy atom. The molecule has 1 aliphatic rings. The second-order valence-corrected chi connectivity index (χ2v) is 6.44. The molecule has 0 unspecified atom stereocenters. The normalized spacial score (nSPS) is 16.4. The summed E-state index contributed by atoms with van der Waals surface area (Å²) in [7, 11) is 0. The molecule has 2 aromatic rings. The lowest BCUT2D eigenvalue weighted by atomic mass is 10.3. The predicted octanol–water partition coefficient (Wildman–Crippen LogP) is 1.69. The van der Waals surface area contributed by atoms with E-state index in [4.69, 9.17) is 0 Å². The molecule has 0 bridgehead atoms. The Morgan fingerprint density at radius 3 is 2.52 bits per heavy atom. The molecule has 1 N–H and O–H groups in total. The van der Waals surface area contributed by atoms with Gasteiger partial charge < -0.3 is 9.88 Å². The molecule has 0 saturated carbocycles. The first-order valence-corrected chi connectivity index (χ1v) is 8.96. The molecule has 0 spiro atoms. The molecule has 7 heteroatoms. The van der Waals surface area contributed by atoms with Gasteiger partial charge in [-0.1, -0.05) is 6.07 Å². The highest BCUT2D eigenvalue weighted by atomic mass is 19.1. The second kappa shape index (κ2) is 7.93. The van der Waals surface area contributed by atoms with E-state index >= 15 is 0 Å². The molecule has 1 fully saturated rings. The number of nitrogens with one attached hydrogen (secondary N) is 1. The van der Waals surface area contributed by atoms with Crippen molar-refractivity contribution in [1.82, 2.24) is 24.7 Å². The molecule has 1 amide bonds. The maximum atomic E-state index is 13.7. The van der Waals surface area contributed by atoms with Crippen molar-refractivity contribution in [3.05, 3.63) is 29.8 Å². The predicted molar refractivity (Wildman–Crippen MR) is 95.7 cm³/mol. The van der Waals surface area contributed by atoms with E-state index in [1.165, 1.54) is 6.07 Å². The summed E-state index contributed by atoms with van der Waals surface area (Å²) in [5, 5.41) is 0. The highest BCUT2D eigenvalue weighted by molar-refractivity contribution is 5.78. The first-order chi connectivity index (χ1) is 12.1. The van der Waals surface area contributed by atoms with Crippen molar-refractivity contribution >= 4 is 16.9 Å². The fourth-order valence-corrected chi connectivity index (χ4v) is 3.31. The van der Waals surface area contributed by atoms with Crippen LogP contribution in [0.4, 0.5) is 4.39 Å². The van der Waals surface area contributed by atoms with Crippen molar-refractivity contribution in [3.8, 4) is 0 Å². The number of aromatic nitrogens is 2. The summed E-state index contributed by atoms with van der Waals surface area (Å²) in [5.74, 6) is 0.693. The van der Waals surface area contributed by atoms with Crippen LogP contribution in [0.5, 0.6) is 0 Å². The van der Waals surface area contributed by atoms with Crippen LogP contribution >= 0.6 is 0 Å². The summed E-state index contributed by atoms with van der Waals surface area (Å²) in [6, 6.07) is 4.95. The van der Waals surface area contributed by atoms with Crippen LogP contribution in [-0.2, 0) is 11.3 Å². The number of carbonyl (C=O) groups is 1. The number of para-hydroxylation sites is 1. The Labute approximate surface area is 147 Å². The van der Waals surface area contributed by atoms with Crippen LogP contribution < -0.4 is 0 Å². The van der Waals surface area contributed by atoms with Gasteiger partial charge in [-0.05, 0) is 26.0 Å². The van der Waals surface area contributed by atoms with Gasteiger partial charge in [-0.3, -0.25) is 14.6 Å². The number of hydrogen-bond acceptors (Lipinski definition) is 4. The second-order valence-electron chi connectivity index (χ2n) is 6.44. The molecule has 25 heavy (non-hydrogen) atoms. The average Bonchev–Trinajstić information content (AvgIpc) is 3.02. The summed E-state index contributed by atoms with van der Waals surface area (Å²) < 4.78 is 13.7. The number of carbonyl (C=O) groups excluding carboxylic acids is 1. The van der Waals surface area contributed by atoms with Gasteiger partial charge in [-0.15, -0.1) is 0 Å². The zero-order chi connectivity index (χ0) is 17.8. The van der Waals surface area contributed by atoms with Crippen LogP contribution in [0.1, 0.15) is 19.7 Å². The Balaban J connectivity index is 1.52. The molecule has 1 aromatic heterocycles. The number of rotatable bonds is 6. The minimum atomic E-state index is -0.292. The zero-order valence-corrected chi connectivity index (χ0v) is 15.0. The van der Waals surface area contributed by atoms with Gasteiger partial charge in [0.25, 0.3) is 0 Å². The number of aromatic amines is 1. The number of likely N-dealkylation sites (N-methyl/N-ethyl adjacent to an activating group) is 1. The smallest absolute Gasteiger partial charge is 0.236 e. The lowest BCUT2D eigenvalue weighted by Crippen LogP contribution is -2.49. The van der Waals surface area contributed by atoms with Crippen LogP contribution in [0.2, 0.25) is 0 Å². The standard InChI is InChI=1S/C18H26FN5O/c1-3-24(4-2)17(25)13-23-10-8-22(9-11-23)12-16-20-15-7-5-6-14(19)18(15)21-16/h5-7H,3-4,8-13H2,1-2H3,(H,20,21). The minimum absolute atomic E-state index is 0.200. The zero-order valence-electron chi connectivity index (χ0n) is 15.0. The molecule has 1 aliphatic heterocycles. The number of benzene rings is 1. The molecule has 1 aromatic carbocycles. The van der Waals surface area contributed by atoms with Gasteiger partial charge in [0.1, 0.15) is 11.3 Å². The maximum absolute atomic E-state index is 13.7. The number of halogens is 1. The fraction of sp³-hybridized carbons (Fsp3) is 0.556. The van der Waals surface area contributed by atoms with E-state index in [0.29, 0.717) is 18.6 Å². The Hall–Kier alpha value is -1.99. The topological polar surface area (TPSA) is 55.5 Å². The Morgan fingerprint density at radius 2 is 1.88 bits per heavy atom. The van der Waals surface area contributed by atoms with E-state index < -0.39 is 0 Å². The number of fused-ring (bicyclic) bond motifs is 1. The van der Waals surface area contributed by atoms with Crippen LogP contribution in [0.15, 0.2) is 18.2 Å². The van der Waals surface area contributed by atoms with E-state index in [0.717, 1.165) is 50.6 Å². The molecule has 0 aliphatic carbocycles. The van der Waals surface area contributed by atoms with Gasteiger partial charge in [0, 0.05) is 39.3 Å². The third kappa shape index (κ3) is 4.16. The Kier molecular flexibility index (Phi) is 5.65.